The zero-order valence-electron chi connectivity index (χ0n) is 7.78. The molecule has 0 saturated carbocycles. The first-order valence-corrected chi connectivity index (χ1v) is 3.89. The zero-order chi connectivity index (χ0) is 9.72. The third-order valence-corrected chi connectivity index (χ3v) is 1.59. The highest BCUT2D eigenvalue weighted by Gasteiger charge is 2.01. The van der Waals surface area contributed by atoms with Crippen molar-refractivity contribution in [1.29, 1.82) is 0 Å². The van der Waals surface area contributed by atoms with Crippen LogP contribution in [0, 0.1) is 0 Å². The van der Waals surface area contributed by atoms with Crippen LogP contribution in [0.1, 0.15) is 20.3 Å². The van der Waals surface area contributed by atoms with Crippen molar-refractivity contribution in [1.82, 2.24) is 0 Å². The van der Waals surface area contributed by atoms with E-state index in [0.717, 1.165) is 12.0 Å². The first-order valence-electron chi connectivity index (χ1n) is 3.89. The maximum absolute atomic E-state index is 13.1. The molecule has 0 N–H and O–H groups in total. The molecule has 0 amide bonds. The maximum Gasteiger partial charge on any atom is 0.130 e. The Morgan fingerprint density at radius 3 is 2.17 bits per heavy atom. The van der Waals surface area contributed by atoms with Crippen molar-refractivity contribution in [2.45, 2.75) is 20.3 Å². The molecule has 0 spiro atoms. The van der Waals surface area contributed by atoms with Gasteiger partial charge in [0.05, 0.1) is 0 Å². The van der Waals surface area contributed by atoms with Crippen LogP contribution in [0.15, 0.2) is 48.4 Å². The van der Waals surface area contributed by atoms with Gasteiger partial charge in [0.1, 0.15) is 5.83 Å². The van der Waals surface area contributed by atoms with E-state index in [-0.39, 0.29) is 5.83 Å². The van der Waals surface area contributed by atoms with Crippen LogP contribution in [0.4, 0.5) is 4.39 Å². The third kappa shape index (κ3) is 3.33. The summed E-state index contributed by atoms with van der Waals surface area (Å²) in [6.45, 7) is 14.5. The third-order valence-electron chi connectivity index (χ3n) is 1.59. The molecule has 1 heteroatoms. The van der Waals surface area contributed by atoms with E-state index in [1.165, 1.54) is 6.08 Å². The predicted molar refractivity (Wildman–Crippen MR) is 52.6 cm³/mol. The van der Waals surface area contributed by atoms with Crippen LogP contribution in [0.5, 0.6) is 0 Å². The van der Waals surface area contributed by atoms with E-state index >= 15 is 0 Å². The van der Waals surface area contributed by atoms with Gasteiger partial charge in [-0.05, 0) is 25.0 Å². The summed E-state index contributed by atoms with van der Waals surface area (Å²) in [7, 11) is 0. The minimum Gasteiger partial charge on any atom is -0.206 e. The molecule has 0 rings (SSSR count). The Kier molecular flexibility index (Phi) is 4.27. The SMILES string of the molecule is C=C(/C=C(/F)C(=C)C(=C)C)CC. The van der Waals surface area contributed by atoms with Gasteiger partial charge in [-0.3, -0.25) is 0 Å². The molecule has 0 heterocycles. The van der Waals surface area contributed by atoms with Crippen molar-refractivity contribution in [2.75, 3.05) is 0 Å². The highest BCUT2D eigenvalue weighted by atomic mass is 19.1. The Morgan fingerprint density at radius 1 is 1.33 bits per heavy atom. The summed E-state index contributed by atoms with van der Waals surface area (Å²) < 4.78 is 13.1. The predicted octanol–water partition coefficient (Wildman–Crippen LogP) is 3.94. The molecule has 0 aliphatic heterocycles. The molecule has 0 aromatic carbocycles. The number of hydrogen-bond donors (Lipinski definition) is 0. The summed E-state index contributed by atoms with van der Waals surface area (Å²) in [5.41, 5.74) is 1.76. The lowest BCUT2D eigenvalue weighted by Gasteiger charge is -2.01. The van der Waals surface area contributed by atoms with Crippen LogP contribution in [-0.2, 0) is 0 Å². The Balaban J connectivity index is 4.48. The van der Waals surface area contributed by atoms with Crippen molar-refractivity contribution in [2.24, 2.45) is 0 Å². The summed E-state index contributed by atoms with van der Waals surface area (Å²) in [6, 6.07) is 0. The molecule has 0 aliphatic carbocycles. The Bertz CT molecular complexity index is 244. The van der Waals surface area contributed by atoms with E-state index in [9.17, 15) is 4.39 Å². The number of rotatable bonds is 4. The van der Waals surface area contributed by atoms with Gasteiger partial charge < -0.3 is 0 Å². The molecule has 0 unspecified atom stereocenters. The molecular formula is C11H15F. The van der Waals surface area contributed by atoms with E-state index in [2.05, 4.69) is 19.7 Å². The lowest BCUT2D eigenvalue weighted by Crippen LogP contribution is -1.84. The van der Waals surface area contributed by atoms with Crippen molar-refractivity contribution in [3.63, 3.8) is 0 Å². The summed E-state index contributed by atoms with van der Waals surface area (Å²) in [5, 5.41) is 0. The van der Waals surface area contributed by atoms with Crippen LogP contribution in [-0.4, -0.2) is 0 Å². The molecule has 0 radical (unpaired) electrons. The molecule has 0 nitrogen and oxygen atoms in total. The fourth-order valence-electron chi connectivity index (χ4n) is 0.572. The highest BCUT2D eigenvalue weighted by Crippen LogP contribution is 2.18. The van der Waals surface area contributed by atoms with Gasteiger partial charge in [0.2, 0.25) is 0 Å². The van der Waals surface area contributed by atoms with Crippen LogP contribution in [0.3, 0.4) is 0 Å². The Labute approximate surface area is 73.8 Å². The smallest absolute Gasteiger partial charge is 0.130 e. The second-order valence-corrected chi connectivity index (χ2v) is 2.76. The van der Waals surface area contributed by atoms with Crippen molar-refractivity contribution < 1.29 is 4.39 Å². The molecule has 0 bridgehead atoms. The monoisotopic (exact) mass is 166 g/mol. The lowest BCUT2D eigenvalue weighted by atomic mass is 10.1. The van der Waals surface area contributed by atoms with Crippen LogP contribution in [0.25, 0.3) is 0 Å². The molecule has 0 fully saturated rings. The van der Waals surface area contributed by atoms with Gasteiger partial charge in [-0.1, -0.05) is 32.2 Å². The fourth-order valence-corrected chi connectivity index (χ4v) is 0.572. The van der Waals surface area contributed by atoms with Gasteiger partial charge in [0.25, 0.3) is 0 Å². The van der Waals surface area contributed by atoms with Crippen LogP contribution < -0.4 is 0 Å². The van der Waals surface area contributed by atoms with Gasteiger partial charge in [0, 0.05) is 5.57 Å². The number of allylic oxidation sites excluding steroid dienone is 5. The molecule has 0 aliphatic rings. The summed E-state index contributed by atoms with van der Waals surface area (Å²) in [4.78, 5) is 0. The lowest BCUT2D eigenvalue weighted by molar-refractivity contribution is 0.653. The minimum atomic E-state index is -0.339. The highest BCUT2D eigenvalue weighted by molar-refractivity contribution is 5.41. The van der Waals surface area contributed by atoms with E-state index in [4.69, 9.17) is 0 Å². The van der Waals surface area contributed by atoms with E-state index in [0.29, 0.717) is 11.1 Å². The molecule has 0 aromatic rings. The molecule has 0 aromatic heterocycles. The van der Waals surface area contributed by atoms with Gasteiger partial charge in [0.15, 0.2) is 0 Å². The van der Waals surface area contributed by atoms with E-state index < -0.39 is 0 Å². The first-order chi connectivity index (χ1) is 5.49. The second-order valence-electron chi connectivity index (χ2n) is 2.76. The second kappa shape index (κ2) is 4.70. The number of hydrogen-bond acceptors (Lipinski definition) is 0. The zero-order valence-corrected chi connectivity index (χ0v) is 7.78. The fraction of sp³-hybridized carbons (Fsp3) is 0.273. The Hall–Kier alpha value is -1.11. The minimum absolute atomic E-state index is 0.339. The first kappa shape index (κ1) is 10.9. The molecule has 12 heavy (non-hydrogen) atoms. The largest absolute Gasteiger partial charge is 0.206 e. The van der Waals surface area contributed by atoms with Crippen molar-refractivity contribution >= 4 is 0 Å². The standard InChI is InChI=1S/C11H15F/c1-6-9(4)7-11(12)10(5)8(2)3/h7H,2,4-6H2,1,3H3/b11-7+. The maximum atomic E-state index is 13.1. The summed E-state index contributed by atoms with van der Waals surface area (Å²) in [5.74, 6) is -0.339. The summed E-state index contributed by atoms with van der Waals surface area (Å²) in [6.07, 6.45) is 2.15. The van der Waals surface area contributed by atoms with Crippen LogP contribution in [0.2, 0.25) is 0 Å². The van der Waals surface area contributed by atoms with Crippen LogP contribution >= 0.6 is 0 Å². The van der Waals surface area contributed by atoms with Gasteiger partial charge >= 0.3 is 0 Å². The molecular weight excluding hydrogens is 151 g/mol. The average Bonchev–Trinajstić information content (AvgIpc) is 2.02. The van der Waals surface area contributed by atoms with E-state index in [1.807, 2.05) is 6.92 Å². The van der Waals surface area contributed by atoms with Crippen molar-refractivity contribution in [3.8, 4) is 0 Å². The Morgan fingerprint density at radius 2 is 1.83 bits per heavy atom. The van der Waals surface area contributed by atoms with Gasteiger partial charge in [-0.2, -0.15) is 0 Å². The molecule has 0 atom stereocenters. The number of halogens is 1. The van der Waals surface area contributed by atoms with Gasteiger partial charge in [-0.25, -0.2) is 4.39 Å². The topological polar surface area (TPSA) is 0 Å². The average molecular weight is 166 g/mol. The molecule has 0 saturated heterocycles. The van der Waals surface area contributed by atoms with Crippen molar-refractivity contribution in [3.05, 3.63) is 48.4 Å². The summed E-state index contributed by atoms with van der Waals surface area (Å²) >= 11 is 0. The van der Waals surface area contributed by atoms with Gasteiger partial charge in [-0.15, -0.1) is 0 Å². The van der Waals surface area contributed by atoms with E-state index in [1.54, 1.807) is 6.92 Å². The normalized spacial score (nSPS) is 11.1. The molecule has 66 valence electrons. The quantitative estimate of drug-likeness (QED) is 0.555.